The zero-order chi connectivity index (χ0) is 18.1. The van der Waals surface area contributed by atoms with E-state index < -0.39 is 0 Å². The van der Waals surface area contributed by atoms with E-state index in [0.717, 1.165) is 16.1 Å². The SMILES string of the molecule is CCn1ncc(Br)c1C(=O)Nc1nc(-c2ccc(C)c(C)c2)c(C)s1. The van der Waals surface area contributed by atoms with Crippen molar-refractivity contribution in [2.24, 2.45) is 0 Å². The van der Waals surface area contributed by atoms with Crippen molar-refractivity contribution in [1.29, 1.82) is 0 Å². The van der Waals surface area contributed by atoms with Gasteiger partial charge in [0.05, 0.1) is 16.4 Å². The molecule has 1 aromatic carbocycles. The molecule has 7 heteroatoms. The zero-order valence-electron chi connectivity index (χ0n) is 14.6. The zero-order valence-corrected chi connectivity index (χ0v) is 17.0. The van der Waals surface area contributed by atoms with Crippen LogP contribution in [-0.2, 0) is 6.54 Å². The number of rotatable bonds is 4. The number of hydrogen-bond acceptors (Lipinski definition) is 4. The summed E-state index contributed by atoms with van der Waals surface area (Å²) in [6.45, 7) is 8.77. The number of anilines is 1. The van der Waals surface area contributed by atoms with E-state index in [-0.39, 0.29) is 5.91 Å². The maximum Gasteiger partial charge on any atom is 0.276 e. The highest BCUT2D eigenvalue weighted by atomic mass is 79.9. The van der Waals surface area contributed by atoms with Crippen LogP contribution in [0, 0.1) is 20.8 Å². The molecule has 5 nitrogen and oxygen atoms in total. The lowest BCUT2D eigenvalue weighted by Gasteiger charge is -2.05. The highest BCUT2D eigenvalue weighted by molar-refractivity contribution is 9.10. The molecule has 0 fully saturated rings. The van der Waals surface area contributed by atoms with Gasteiger partial charge in [0.2, 0.25) is 0 Å². The number of amides is 1. The van der Waals surface area contributed by atoms with Gasteiger partial charge in [-0.2, -0.15) is 5.10 Å². The van der Waals surface area contributed by atoms with Gasteiger partial charge >= 0.3 is 0 Å². The van der Waals surface area contributed by atoms with Crippen LogP contribution in [0.2, 0.25) is 0 Å². The topological polar surface area (TPSA) is 59.8 Å². The lowest BCUT2D eigenvalue weighted by molar-refractivity contribution is 0.101. The normalized spacial score (nSPS) is 10.9. The van der Waals surface area contributed by atoms with Crippen LogP contribution in [0.25, 0.3) is 11.3 Å². The van der Waals surface area contributed by atoms with Crippen LogP contribution < -0.4 is 5.32 Å². The van der Waals surface area contributed by atoms with Crippen LogP contribution in [0.3, 0.4) is 0 Å². The van der Waals surface area contributed by atoms with Gasteiger partial charge < -0.3 is 0 Å². The van der Waals surface area contributed by atoms with Gasteiger partial charge in [0, 0.05) is 17.0 Å². The minimum Gasteiger partial charge on any atom is -0.296 e. The average molecular weight is 419 g/mol. The van der Waals surface area contributed by atoms with Crippen molar-refractivity contribution >= 4 is 38.3 Å². The first-order valence-corrected chi connectivity index (χ1v) is 9.59. The molecule has 2 heterocycles. The Bertz CT molecular complexity index is 945. The van der Waals surface area contributed by atoms with Crippen molar-refractivity contribution in [3.05, 3.63) is 50.6 Å². The monoisotopic (exact) mass is 418 g/mol. The van der Waals surface area contributed by atoms with E-state index in [2.05, 4.69) is 63.4 Å². The van der Waals surface area contributed by atoms with Crippen LogP contribution in [0.1, 0.15) is 33.4 Å². The van der Waals surface area contributed by atoms with E-state index >= 15 is 0 Å². The molecule has 130 valence electrons. The van der Waals surface area contributed by atoms with Gasteiger partial charge in [-0.15, -0.1) is 11.3 Å². The summed E-state index contributed by atoms with van der Waals surface area (Å²) >= 11 is 4.86. The van der Waals surface area contributed by atoms with Crippen LogP contribution in [0.4, 0.5) is 5.13 Å². The lowest BCUT2D eigenvalue weighted by atomic mass is 10.0. The second kappa shape index (κ2) is 7.09. The maximum absolute atomic E-state index is 12.6. The number of nitrogens with one attached hydrogen (secondary N) is 1. The van der Waals surface area contributed by atoms with Crippen molar-refractivity contribution < 1.29 is 4.79 Å². The third kappa shape index (κ3) is 3.52. The molecular formula is C18H19BrN4OS. The minimum absolute atomic E-state index is 0.216. The van der Waals surface area contributed by atoms with E-state index in [1.54, 1.807) is 10.9 Å². The number of carbonyl (C=O) groups is 1. The quantitative estimate of drug-likeness (QED) is 0.650. The predicted molar refractivity (Wildman–Crippen MR) is 105 cm³/mol. The Labute approximate surface area is 159 Å². The second-order valence-corrected chi connectivity index (χ2v) is 7.89. The standard InChI is InChI=1S/C18H19BrN4OS/c1-5-23-16(14(19)9-20-23)17(24)22-18-21-15(12(4)25-18)13-7-6-10(2)11(3)8-13/h6-9H,5H2,1-4H3,(H,21,22,24). The summed E-state index contributed by atoms with van der Waals surface area (Å²) in [6.07, 6.45) is 1.63. The highest BCUT2D eigenvalue weighted by Gasteiger charge is 2.19. The number of aromatic nitrogens is 3. The van der Waals surface area contributed by atoms with Gasteiger partial charge in [-0.25, -0.2) is 4.98 Å². The summed E-state index contributed by atoms with van der Waals surface area (Å²) in [5.41, 5.74) is 4.96. The summed E-state index contributed by atoms with van der Waals surface area (Å²) in [7, 11) is 0. The van der Waals surface area contributed by atoms with Crippen LogP contribution in [0.5, 0.6) is 0 Å². The molecule has 25 heavy (non-hydrogen) atoms. The van der Waals surface area contributed by atoms with Crippen molar-refractivity contribution in [2.75, 3.05) is 5.32 Å². The van der Waals surface area contributed by atoms with E-state index in [4.69, 9.17) is 0 Å². The molecule has 1 N–H and O–H groups in total. The largest absolute Gasteiger partial charge is 0.296 e. The molecular weight excluding hydrogens is 400 g/mol. The molecule has 0 bridgehead atoms. The minimum atomic E-state index is -0.216. The fraction of sp³-hybridized carbons (Fsp3) is 0.278. The third-order valence-electron chi connectivity index (χ3n) is 4.11. The first-order valence-electron chi connectivity index (χ1n) is 7.98. The second-order valence-electron chi connectivity index (χ2n) is 5.83. The number of carbonyl (C=O) groups excluding carboxylic acids is 1. The number of halogens is 1. The molecule has 3 rings (SSSR count). The molecule has 0 unspecified atom stereocenters. The van der Waals surface area contributed by atoms with Crippen molar-refractivity contribution in [2.45, 2.75) is 34.2 Å². The van der Waals surface area contributed by atoms with Gasteiger partial charge in [0.15, 0.2) is 5.13 Å². The van der Waals surface area contributed by atoms with E-state index in [0.29, 0.717) is 21.8 Å². The molecule has 2 aromatic heterocycles. The number of hydrogen-bond donors (Lipinski definition) is 1. The van der Waals surface area contributed by atoms with E-state index in [1.165, 1.54) is 22.5 Å². The summed E-state index contributed by atoms with van der Waals surface area (Å²) in [5.74, 6) is -0.216. The summed E-state index contributed by atoms with van der Waals surface area (Å²) in [6, 6.07) is 6.29. The van der Waals surface area contributed by atoms with Crippen molar-refractivity contribution in [3.63, 3.8) is 0 Å². The fourth-order valence-electron chi connectivity index (χ4n) is 2.59. The average Bonchev–Trinajstić information content (AvgIpc) is 3.12. The predicted octanol–water partition coefficient (Wildman–Crippen LogP) is 4.97. The molecule has 0 spiro atoms. The molecule has 0 saturated carbocycles. The highest BCUT2D eigenvalue weighted by Crippen LogP contribution is 2.31. The van der Waals surface area contributed by atoms with Gasteiger partial charge in [-0.1, -0.05) is 12.1 Å². The van der Waals surface area contributed by atoms with Crippen LogP contribution >= 0.6 is 27.3 Å². The molecule has 0 aliphatic carbocycles. The van der Waals surface area contributed by atoms with E-state index in [9.17, 15) is 4.79 Å². The first kappa shape index (κ1) is 17.8. The molecule has 0 aliphatic heterocycles. The van der Waals surface area contributed by atoms with Gasteiger partial charge in [-0.3, -0.25) is 14.8 Å². The van der Waals surface area contributed by atoms with Crippen molar-refractivity contribution in [1.82, 2.24) is 14.8 Å². The Morgan fingerprint density at radius 2 is 2.04 bits per heavy atom. The molecule has 3 aromatic rings. The summed E-state index contributed by atoms with van der Waals surface area (Å²) in [5, 5.41) is 7.66. The number of aryl methyl sites for hydroxylation is 4. The Morgan fingerprint density at radius 1 is 1.28 bits per heavy atom. The first-order chi connectivity index (χ1) is 11.9. The molecule has 0 aliphatic rings. The van der Waals surface area contributed by atoms with E-state index in [1.807, 2.05) is 13.8 Å². The van der Waals surface area contributed by atoms with Gasteiger partial charge in [-0.05, 0) is 60.8 Å². The molecule has 0 saturated heterocycles. The van der Waals surface area contributed by atoms with Crippen LogP contribution in [0.15, 0.2) is 28.9 Å². The smallest absolute Gasteiger partial charge is 0.276 e. The van der Waals surface area contributed by atoms with Crippen molar-refractivity contribution in [3.8, 4) is 11.3 Å². The molecule has 1 amide bonds. The third-order valence-corrected chi connectivity index (χ3v) is 5.57. The van der Waals surface area contributed by atoms with Gasteiger partial charge in [0.1, 0.15) is 5.69 Å². The molecule has 0 atom stereocenters. The number of nitrogens with zero attached hydrogens (tertiary/aromatic N) is 3. The maximum atomic E-state index is 12.6. The molecule has 0 radical (unpaired) electrons. The summed E-state index contributed by atoms with van der Waals surface area (Å²) in [4.78, 5) is 18.3. The Balaban J connectivity index is 1.88. The Morgan fingerprint density at radius 3 is 2.72 bits per heavy atom. The van der Waals surface area contributed by atoms with Gasteiger partial charge in [0.25, 0.3) is 5.91 Å². The van der Waals surface area contributed by atoms with Crippen LogP contribution in [-0.4, -0.2) is 20.7 Å². The Kier molecular flexibility index (Phi) is 5.06. The number of thiazole rings is 1. The fourth-order valence-corrected chi connectivity index (χ4v) is 3.90. The lowest BCUT2D eigenvalue weighted by Crippen LogP contribution is -2.17. The summed E-state index contributed by atoms with van der Waals surface area (Å²) < 4.78 is 2.33. The Hall–Kier alpha value is -1.99. The number of benzene rings is 1.